The summed E-state index contributed by atoms with van der Waals surface area (Å²) in [6.07, 6.45) is 4.69. The number of amides is 2. The first-order valence-electron chi connectivity index (χ1n) is 10.9. The zero-order valence-electron chi connectivity index (χ0n) is 17.4. The third kappa shape index (κ3) is 2.95. The standard InChI is InChI=1S/C23H23FN6O2/c24-16-2-1-3-17-20(16)21(28-30(17)12-19(31)27-23-7-13(8-23)9-23)15-10-29(11-15)22(32)14-4-5-26-18(25)6-14/h1-6,13,15H,7-12H2,(H2,25,26)(H,27,31). The number of fused-ring (bicyclic) bond motifs is 1. The molecule has 3 heterocycles. The molecule has 2 bridgehead atoms. The number of likely N-dealkylation sites (tertiary alicyclic amines) is 1. The predicted molar refractivity (Wildman–Crippen MR) is 115 cm³/mol. The Balaban J connectivity index is 1.22. The maximum atomic E-state index is 14.8. The second kappa shape index (κ2) is 6.75. The molecule has 0 spiro atoms. The fourth-order valence-electron chi connectivity index (χ4n) is 5.31. The van der Waals surface area contributed by atoms with Gasteiger partial charge in [-0.05, 0) is 49.4 Å². The van der Waals surface area contributed by atoms with Gasteiger partial charge in [0.05, 0.1) is 16.6 Å². The Kier molecular flexibility index (Phi) is 4.05. The minimum atomic E-state index is -0.365. The van der Waals surface area contributed by atoms with Crippen molar-refractivity contribution in [3.05, 3.63) is 53.6 Å². The van der Waals surface area contributed by atoms with Gasteiger partial charge in [0.25, 0.3) is 5.91 Å². The van der Waals surface area contributed by atoms with Crippen LogP contribution in [0, 0.1) is 11.7 Å². The number of hydrogen-bond acceptors (Lipinski definition) is 5. The highest BCUT2D eigenvalue weighted by Gasteiger charge is 2.57. The van der Waals surface area contributed by atoms with Crippen molar-refractivity contribution in [2.75, 3.05) is 18.8 Å². The number of nitrogens with zero attached hydrogens (tertiary/aromatic N) is 4. The average molecular weight is 434 g/mol. The van der Waals surface area contributed by atoms with E-state index in [4.69, 9.17) is 5.73 Å². The van der Waals surface area contributed by atoms with E-state index in [9.17, 15) is 14.0 Å². The van der Waals surface area contributed by atoms with Crippen LogP contribution in [0.2, 0.25) is 0 Å². The van der Waals surface area contributed by atoms with Crippen molar-refractivity contribution in [3.63, 3.8) is 0 Å². The predicted octanol–water partition coefficient (Wildman–Crippen LogP) is 2.06. The number of aromatic nitrogens is 3. The molecule has 1 aliphatic heterocycles. The number of pyridine rings is 1. The van der Waals surface area contributed by atoms with Crippen molar-refractivity contribution < 1.29 is 14.0 Å². The molecule has 1 aromatic carbocycles. The van der Waals surface area contributed by atoms with Crippen LogP contribution in [0.15, 0.2) is 36.5 Å². The van der Waals surface area contributed by atoms with Gasteiger partial charge in [-0.3, -0.25) is 14.3 Å². The van der Waals surface area contributed by atoms with Crippen LogP contribution < -0.4 is 11.1 Å². The lowest BCUT2D eigenvalue weighted by Crippen LogP contribution is -2.68. The highest BCUT2D eigenvalue weighted by molar-refractivity contribution is 5.95. The van der Waals surface area contributed by atoms with Gasteiger partial charge in [-0.1, -0.05) is 6.07 Å². The molecular weight excluding hydrogens is 411 g/mol. The van der Waals surface area contributed by atoms with E-state index in [1.54, 1.807) is 33.8 Å². The fourth-order valence-corrected chi connectivity index (χ4v) is 5.31. The molecule has 3 N–H and O–H groups in total. The summed E-state index contributed by atoms with van der Waals surface area (Å²) in [5.41, 5.74) is 7.33. The van der Waals surface area contributed by atoms with Crippen LogP contribution in [0.1, 0.15) is 41.2 Å². The molecule has 2 aromatic heterocycles. The van der Waals surface area contributed by atoms with Gasteiger partial charge >= 0.3 is 0 Å². The van der Waals surface area contributed by atoms with Gasteiger partial charge in [-0.2, -0.15) is 5.10 Å². The van der Waals surface area contributed by atoms with Crippen LogP contribution in [0.4, 0.5) is 10.2 Å². The number of nitrogen functional groups attached to an aromatic ring is 1. The average Bonchev–Trinajstić information content (AvgIpc) is 3.02. The van der Waals surface area contributed by atoms with Crippen molar-refractivity contribution in [1.29, 1.82) is 0 Å². The van der Waals surface area contributed by atoms with Gasteiger partial charge in [0, 0.05) is 36.3 Å². The summed E-state index contributed by atoms with van der Waals surface area (Å²) in [6, 6.07) is 7.99. The zero-order valence-corrected chi connectivity index (χ0v) is 17.4. The lowest BCUT2D eigenvalue weighted by molar-refractivity contribution is -0.133. The van der Waals surface area contributed by atoms with Gasteiger partial charge < -0.3 is 16.0 Å². The number of benzene rings is 1. The maximum absolute atomic E-state index is 14.8. The second-order valence-corrected chi connectivity index (χ2v) is 9.36. The first-order valence-corrected chi connectivity index (χ1v) is 10.9. The number of carbonyl (C=O) groups is 2. The Morgan fingerprint density at radius 3 is 2.69 bits per heavy atom. The molecular formula is C23H23FN6O2. The van der Waals surface area contributed by atoms with Crippen molar-refractivity contribution >= 4 is 28.5 Å². The monoisotopic (exact) mass is 434 g/mol. The van der Waals surface area contributed by atoms with Crippen molar-refractivity contribution in [2.24, 2.45) is 5.92 Å². The molecule has 7 rings (SSSR count). The third-order valence-electron chi connectivity index (χ3n) is 7.07. The third-order valence-corrected chi connectivity index (χ3v) is 7.07. The Labute approximate surface area is 183 Å². The molecule has 3 saturated carbocycles. The largest absolute Gasteiger partial charge is 0.384 e. The van der Waals surface area contributed by atoms with Gasteiger partial charge in [0.1, 0.15) is 18.2 Å². The van der Waals surface area contributed by atoms with E-state index in [2.05, 4.69) is 15.4 Å². The zero-order chi connectivity index (χ0) is 22.0. The minimum absolute atomic E-state index is 0.00995. The summed E-state index contributed by atoms with van der Waals surface area (Å²) in [5.74, 6) is 0.363. The molecule has 1 saturated heterocycles. The van der Waals surface area contributed by atoms with E-state index in [-0.39, 0.29) is 41.5 Å². The quantitative estimate of drug-likeness (QED) is 0.639. The van der Waals surface area contributed by atoms with Gasteiger partial charge in [-0.15, -0.1) is 0 Å². The van der Waals surface area contributed by atoms with Crippen LogP contribution >= 0.6 is 0 Å². The van der Waals surface area contributed by atoms with Gasteiger partial charge in [0.15, 0.2) is 0 Å². The number of nitrogens with two attached hydrogens (primary N) is 1. The van der Waals surface area contributed by atoms with Crippen molar-refractivity contribution in [3.8, 4) is 0 Å². The highest BCUT2D eigenvalue weighted by atomic mass is 19.1. The van der Waals surface area contributed by atoms with Crippen molar-refractivity contribution in [2.45, 2.75) is 37.3 Å². The van der Waals surface area contributed by atoms with Gasteiger partial charge in [0.2, 0.25) is 5.91 Å². The molecule has 164 valence electrons. The second-order valence-electron chi connectivity index (χ2n) is 9.36. The normalized spacial score (nSPS) is 23.9. The Morgan fingerprint density at radius 1 is 1.22 bits per heavy atom. The molecule has 2 amide bonds. The molecule has 3 aromatic rings. The number of rotatable bonds is 5. The lowest BCUT2D eigenvalue weighted by atomic mass is 9.50. The molecule has 4 fully saturated rings. The molecule has 0 radical (unpaired) electrons. The summed E-state index contributed by atoms with van der Waals surface area (Å²) in [5, 5.41) is 8.19. The van der Waals surface area contributed by atoms with E-state index in [0.717, 1.165) is 25.2 Å². The van der Waals surface area contributed by atoms with Crippen molar-refractivity contribution in [1.82, 2.24) is 25.0 Å². The minimum Gasteiger partial charge on any atom is -0.384 e. The summed E-state index contributed by atoms with van der Waals surface area (Å²) in [6.45, 7) is 0.911. The molecule has 0 unspecified atom stereocenters. The number of nitrogens with one attached hydrogen (secondary N) is 1. The number of hydrogen-bond donors (Lipinski definition) is 2. The van der Waals surface area contributed by atoms with Crippen LogP contribution in [-0.2, 0) is 11.3 Å². The lowest BCUT2D eigenvalue weighted by Gasteiger charge is -2.61. The van der Waals surface area contributed by atoms with Crippen LogP contribution in [0.5, 0.6) is 0 Å². The highest BCUT2D eigenvalue weighted by Crippen LogP contribution is 2.56. The summed E-state index contributed by atoms with van der Waals surface area (Å²) in [7, 11) is 0. The Bertz CT molecular complexity index is 1250. The fraction of sp³-hybridized carbons (Fsp3) is 0.391. The molecule has 0 atom stereocenters. The van der Waals surface area contributed by atoms with Gasteiger partial charge in [-0.25, -0.2) is 9.37 Å². The SMILES string of the molecule is Nc1cc(C(=O)N2CC(c3nn(CC(=O)NC45CC(C4)C5)c4cccc(F)c34)C2)ccn1. The first-order chi connectivity index (χ1) is 15.4. The number of anilines is 1. The van der Waals surface area contributed by atoms with Crippen LogP contribution in [0.25, 0.3) is 10.9 Å². The van der Waals surface area contributed by atoms with E-state index in [1.165, 1.54) is 12.3 Å². The molecule has 4 aliphatic rings. The Morgan fingerprint density at radius 2 is 2.00 bits per heavy atom. The molecule has 9 heteroatoms. The smallest absolute Gasteiger partial charge is 0.254 e. The number of halogens is 1. The molecule has 8 nitrogen and oxygen atoms in total. The molecule has 32 heavy (non-hydrogen) atoms. The van der Waals surface area contributed by atoms with Crippen LogP contribution in [-0.4, -0.2) is 50.1 Å². The summed E-state index contributed by atoms with van der Waals surface area (Å²) < 4.78 is 16.4. The van der Waals surface area contributed by atoms with Crippen LogP contribution in [0.3, 0.4) is 0 Å². The Hall–Kier alpha value is -3.49. The van der Waals surface area contributed by atoms with E-state index in [1.807, 2.05) is 0 Å². The number of carbonyl (C=O) groups excluding carboxylic acids is 2. The van der Waals surface area contributed by atoms with E-state index >= 15 is 0 Å². The summed E-state index contributed by atoms with van der Waals surface area (Å²) in [4.78, 5) is 30.9. The summed E-state index contributed by atoms with van der Waals surface area (Å²) >= 11 is 0. The molecule has 3 aliphatic carbocycles. The topological polar surface area (TPSA) is 106 Å². The van der Waals surface area contributed by atoms with E-state index in [0.29, 0.717) is 35.2 Å². The van der Waals surface area contributed by atoms with E-state index < -0.39 is 0 Å². The maximum Gasteiger partial charge on any atom is 0.254 e. The first kappa shape index (κ1) is 19.2.